The van der Waals surface area contributed by atoms with Crippen molar-refractivity contribution < 1.29 is 9.59 Å². The highest BCUT2D eigenvalue weighted by molar-refractivity contribution is 5.82. The standard InChI is InChI=1S/C17H24N2O2/c1-17(2,3)16(21)18-10-14-9-15(20)19(12-14)11-13-7-5-4-6-8-13/h4-8,14H,9-12H2,1-3H3,(H,18,21). The summed E-state index contributed by atoms with van der Waals surface area (Å²) in [5.74, 6) is 0.429. The van der Waals surface area contributed by atoms with Crippen molar-refractivity contribution in [2.45, 2.75) is 33.7 Å². The molecule has 1 unspecified atom stereocenters. The van der Waals surface area contributed by atoms with Gasteiger partial charge in [-0.3, -0.25) is 9.59 Å². The van der Waals surface area contributed by atoms with E-state index in [0.29, 0.717) is 19.5 Å². The molecule has 1 fully saturated rings. The van der Waals surface area contributed by atoms with Crippen molar-refractivity contribution in [2.24, 2.45) is 11.3 Å². The fourth-order valence-electron chi connectivity index (χ4n) is 2.45. The Morgan fingerprint density at radius 1 is 1.29 bits per heavy atom. The van der Waals surface area contributed by atoms with Crippen molar-refractivity contribution in [1.29, 1.82) is 0 Å². The quantitative estimate of drug-likeness (QED) is 0.923. The fraction of sp³-hybridized carbons (Fsp3) is 0.529. The van der Waals surface area contributed by atoms with E-state index < -0.39 is 0 Å². The van der Waals surface area contributed by atoms with Crippen LogP contribution in [-0.2, 0) is 16.1 Å². The zero-order chi connectivity index (χ0) is 15.5. The second-order valence-corrected chi connectivity index (χ2v) is 6.79. The number of carbonyl (C=O) groups excluding carboxylic acids is 2. The largest absolute Gasteiger partial charge is 0.355 e. The highest BCUT2D eigenvalue weighted by Crippen LogP contribution is 2.20. The molecular formula is C17H24N2O2. The van der Waals surface area contributed by atoms with Crippen LogP contribution in [0.5, 0.6) is 0 Å². The van der Waals surface area contributed by atoms with Gasteiger partial charge in [0.1, 0.15) is 0 Å². The van der Waals surface area contributed by atoms with Crippen LogP contribution in [0.15, 0.2) is 30.3 Å². The fourth-order valence-corrected chi connectivity index (χ4v) is 2.45. The van der Waals surface area contributed by atoms with E-state index in [4.69, 9.17) is 0 Å². The molecular weight excluding hydrogens is 264 g/mol. The van der Waals surface area contributed by atoms with Gasteiger partial charge in [-0.15, -0.1) is 0 Å². The molecule has 1 aromatic carbocycles. The monoisotopic (exact) mass is 288 g/mol. The maximum atomic E-state index is 12.0. The average molecular weight is 288 g/mol. The van der Waals surface area contributed by atoms with Gasteiger partial charge in [-0.1, -0.05) is 51.1 Å². The first-order chi connectivity index (χ1) is 9.86. The molecule has 1 heterocycles. The van der Waals surface area contributed by atoms with E-state index >= 15 is 0 Å². The highest BCUT2D eigenvalue weighted by Gasteiger charge is 2.30. The van der Waals surface area contributed by atoms with Crippen molar-refractivity contribution in [3.05, 3.63) is 35.9 Å². The summed E-state index contributed by atoms with van der Waals surface area (Å²) in [4.78, 5) is 25.8. The van der Waals surface area contributed by atoms with Crippen molar-refractivity contribution in [3.63, 3.8) is 0 Å². The summed E-state index contributed by atoms with van der Waals surface area (Å²) in [6, 6.07) is 10.00. The van der Waals surface area contributed by atoms with E-state index in [1.807, 2.05) is 56.0 Å². The number of rotatable bonds is 4. The summed E-state index contributed by atoms with van der Waals surface area (Å²) in [5.41, 5.74) is 0.761. The van der Waals surface area contributed by atoms with E-state index in [-0.39, 0.29) is 23.1 Å². The van der Waals surface area contributed by atoms with Gasteiger partial charge >= 0.3 is 0 Å². The second kappa shape index (κ2) is 6.29. The SMILES string of the molecule is CC(C)(C)C(=O)NCC1CC(=O)N(Cc2ccccc2)C1. The van der Waals surface area contributed by atoms with Gasteiger partial charge in [-0.25, -0.2) is 0 Å². The summed E-state index contributed by atoms with van der Waals surface area (Å²) in [5, 5.41) is 2.95. The molecule has 0 bridgehead atoms. The summed E-state index contributed by atoms with van der Waals surface area (Å²) in [7, 11) is 0. The van der Waals surface area contributed by atoms with Crippen LogP contribution >= 0.6 is 0 Å². The molecule has 4 heteroatoms. The third-order valence-corrected chi connectivity index (χ3v) is 3.74. The van der Waals surface area contributed by atoms with Crippen LogP contribution in [0.1, 0.15) is 32.8 Å². The molecule has 4 nitrogen and oxygen atoms in total. The Bertz CT molecular complexity index is 505. The minimum atomic E-state index is -0.383. The Morgan fingerprint density at radius 3 is 2.57 bits per heavy atom. The maximum absolute atomic E-state index is 12.0. The highest BCUT2D eigenvalue weighted by atomic mass is 16.2. The van der Waals surface area contributed by atoms with Gasteiger partial charge in [-0.05, 0) is 5.56 Å². The molecule has 1 aliphatic rings. The normalized spacial score (nSPS) is 18.9. The van der Waals surface area contributed by atoms with Gasteiger partial charge in [0.25, 0.3) is 0 Å². The number of carbonyl (C=O) groups is 2. The molecule has 1 atom stereocenters. The summed E-state index contributed by atoms with van der Waals surface area (Å²) < 4.78 is 0. The lowest BCUT2D eigenvalue weighted by atomic mass is 9.95. The van der Waals surface area contributed by atoms with Gasteiger partial charge in [0.2, 0.25) is 11.8 Å². The van der Waals surface area contributed by atoms with E-state index in [1.54, 1.807) is 0 Å². The third kappa shape index (κ3) is 4.31. The average Bonchev–Trinajstić information content (AvgIpc) is 2.76. The molecule has 21 heavy (non-hydrogen) atoms. The van der Waals surface area contributed by atoms with Gasteiger partial charge in [-0.2, -0.15) is 0 Å². The second-order valence-electron chi connectivity index (χ2n) is 6.79. The lowest BCUT2D eigenvalue weighted by molar-refractivity contribution is -0.129. The minimum absolute atomic E-state index is 0.0384. The minimum Gasteiger partial charge on any atom is -0.355 e. The van der Waals surface area contributed by atoms with Gasteiger partial charge in [0.05, 0.1) is 0 Å². The van der Waals surface area contributed by atoms with Crippen molar-refractivity contribution in [1.82, 2.24) is 10.2 Å². The van der Waals surface area contributed by atoms with Crippen LogP contribution in [0.3, 0.4) is 0 Å². The number of hydrogen-bond acceptors (Lipinski definition) is 2. The molecule has 2 rings (SSSR count). The predicted molar refractivity (Wildman–Crippen MR) is 82.4 cm³/mol. The predicted octanol–water partition coefficient (Wildman–Crippen LogP) is 2.20. The Kier molecular flexibility index (Phi) is 4.66. The first kappa shape index (κ1) is 15.5. The third-order valence-electron chi connectivity index (χ3n) is 3.74. The summed E-state index contributed by atoms with van der Waals surface area (Å²) in [6.07, 6.45) is 0.525. The summed E-state index contributed by atoms with van der Waals surface area (Å²) >= 11 is 0. The van der Waals surface area contributed by atoms with Crippen LogP contribution in [0.25, 0.3) is 0 Å². The summed E-state index contributed by atoms with van der Waals surface area (Å²) in [6.45, 7) is 7.63. The molecule has 1 aromatic rings. The zero-order valence-electron chi connectivity index (χ0n) is 13.1. The first-order valence-electron chi connectivity index (χ1n) is 7.46. The van der Waals surface area contributed by atoms with E-state index in [0.717, 1.165) is 12.1 Å². The Morgan fingerprint density at radius 2 is 1.95 bits per heavy atom. The van der Waals surface area contributed by atoms with Crippen LogP contribution < -0.4 is 5.32 Å². The Hall–Kier alpha value is -1.84. The van der Waals surface area contributed by atoms with Crippen molar-refractivity contribution >= 4 is 11.8 Å². The smallest absolute Gasteiger partial charge is 0.225 e. The molecule has 1 N–H and O–H groups in total. The molecule has 0 saturated carbocycles. The zero-order valence-corrected chi connectivity index (χ0v) is 13.1. The van der Waals surface area contributed by atoms with Crippen LogP contribution in [0, 0.1) is 11.3 Å². The maximum Gasteiger partial charge on any atom is 0.225 e. The molecule has 0 aliphatic carbocycles. The number of benzene rings is 1. The molecule has 0 aromatic heterocycles. The molecule has 0 spiro atoms. The molecule has 114 valence electrons. The van der Waals surface area contributed by atoms with E-state index in [1.165, 1.54) is 0 Å². The Balaban J connectivity index is 1.84. The lowest BCUT2D eigenvalue weighted by Crippen LogP contribution is -2.38. The molecule has 0 radical (unpaired) electrons. The number of nitrogens with one attached hydrogen (secondary N) is 1. The molecule has 2 amide bonds. The number of nitrogens with zero attached hydrogens (tertiary/aromatic N) is 1. The van der Waals surface area contributed by atoms with Gasteiger partial charge in [0, 0.05) is 37.4 Å². The lowest BCUT2D eigenvalue weighted by Gasteiger charge is -2.20. The van der Waals surface area contributed by atoms with E-state index in [2.05, 4.69) is 5.32 Å². The Labute approximate surface area is 126 Å². The number of amides is 2. The van der Waals surface area contributed by atoms with E-state index in [9.17, 15) is 9.59 Å². The van der Waals surface area contributed by atoms with Crippen LogP contribution in [0.4, 0.5) is 0 Å². The van der Waals surface area contributed by atoms with Crippen LogP contribution in [0.2, 0.25) is 0 Å². The molecule has 1 saturated heterocycles. The topological polar surface area (TPSA) is 49.4 Å². The van der Waals surface area contributed by atoms with Crippen molar-refractivity contribution in [3.8, 4) is 0 Å². The van der Waals surface area contributed by atoms with Gasteiger partial charge in [0.15, 0.2) is 0 Å². The van der Waals surface area contributed by atoms with Crippen molar-refractivity contribution in [2.75, 3.05) is 13.1 Å². The van der Waals surface area contributed by atoms with Crippen LogP contribution in [-0.4, -0.2) is 29.8 Å². The number of hydrogen-bond donors (Lipinski definition) is 1. The first-order valence-corrected chi connectivity index (χ1v) is 7.46. The molecule has 1 aliphatic heterocycles. The van der Waals surface area contributed by atoms with Gasteiger partial charge < -0.3 is 10.2 Å². The number of likely N-dealkylation sites (tertiary alicyclic amines) is 1.